The van der Waals surface area contributed by atoms with Crippen LogP contribution in [0, 0.1) is 11.8 Å². The second-order valence-corrected chi connectivity index (χ2v) is 7.87. The van der Waals surface area contributed by atoms with E-state index in [9.17, 15) is 4.79 Å². The lowest BCUT2D eigenvalue weighted by atomic mass is 9.71. The van der Waals surface area contributed by atoms with Crippen molar-refractivity contribution in [2.75, 3.05) is 13.2 Å². The molecule has 0 unspecified atom stereocenters. The van der Waals surface area contributed by atoms with Crippen LogP contribution in [0.4, 0.5) is 0 Å². The lowest BCUT2D eigenvalue weighted by Crippen LogP contribution is -2.32. The third kappa shape index (κ3) is 4.70. The summed E-state index contributed by atoms with van der Waals surface area (Å²) in [6.45, 7) is 9.73. The van der Waals surface area contributed by atoms with Crippen LogP contribution in [0.2, 0.25) is 0 Å². The van der Waals surface area contributed by atoms with E-state index >= 15 is 0 Å². The van der Waals surface area contributed by atoms with E-state index in [-0.39, 0.29) is 11.4 Å². The summed E-state index contributed by atoms with van der Waals surface area (Å²) in [5, 5.41) is 0. The minimum absolute atomic E-state index is 0.186. The Kier molecular flexibility index (Phi) is 7.21. The number of fused-ring (bicyclic) bond motifs is 1. The molecule has 1 aliphatic heterocycles. The van der Waals surface area contributed by atoms with E-state index in [0.717, 1.165) is 54.7 Å². The molecule has 0 fully saturated rings. The van der Waals surface area contributed by atoms with Crippen molar-refractivity contribution in [2.45, 2.75) is 65.2 Å². The van der Waals surface area contributed by atoms with Gasteiger partial charge in [-0.2, -0.15) is 0 Å². The van der Waals surface area contributed by atoms with Crippen molar-refractivity contribution in [3.8, 4) is 17.6 Å². The molecule has 0 radical (unpaired) electrons. The van der Waals surface area contributed by atoms with Gasteiger partial charge in [0.2, 0.25) is 0 Å². The zero-order valence-corrected chi connectivity index (χ0v) is 18.6. The Hall–Kier alpha value is -2.73. The molecule has 2 aromatic carbocycles. The first-order chi connectivity index (χ1) is 14.5. The summed E-state index contributed by atoms with van der Waals surface area (Å²) in [7, 11) is 0. The molecule has 0 atom stereocenters. The Morgan fingerprint density at radius 3 is 2.43 bits per heavy atom. The first-order valence-corrected chi connectivity index (χ1v) is 11.1. The molecule has 0 saturated carbocycles. The number of ether oxygens (including phenoxy) is 2. The molecule has 0 N–H and O–H groups in total. The summed E-state index contributed by atoms with van der Waals surface area (Å²) < 4.78 is 11.0. The number of carbonyl (C=O) groups is 1. The van der Waals surface area contributed by atoms with Gasteiger partial charge in [-0.15, -0.1) is 0 Å². The maximum Gasteiger partial charge on any atom is 0.310 e. The van der Waals surface area contributed by atoms with Gasteiger partial charge in [0.05, 0.1) is 19.6 Å². The van der Waals surface area contributed by atoms with Crippen molar-refractivity contribution in [1.29, 1.82) is 0 Å². The second-order valence-electron chi connectivity index (χ2n) is 7.87. The molecule has 2 aromatic rings. The minimum atomic E-state index is -0.199. The van der Waals surface area contributed by atoms with Gasteiger partial charge in [0.25, 0.3) is 0 Å². The summed E-state index contributed by atoms with van der Waals surface area (Å²) in [6.07, 6.45) is 4.50. The third-order valence-electron chi connectivity index (χ3n) is 6.30. The Labute approximate surface area is 180 Å². The topological polar surface area (TPSA) is 35.5 Å². The van der Waals surface area contributed by atoms with Gasteiger partial charge < -0.3 is 9.47 Å². The molecular formula is C27H32O3. The number of esters is 1. The monoisotopic (exact) mass is 404 g/mol. The molecule has 3 heteroatoms. The van der Waals surface area contributed by atoms with Crippen molar-refractivity contribution >= 4 is 5.97 Å². The Bertz CT molecular complexity index is 941. The maximum absolute atomic E-state index is 11.6. The van der Waals surface area contributed by atoms with Crippen LogP contribution in [-0.2, 0) is 27.8 Å². The van der Waals surface area contributed by atoms with E-state index in [4.69, 9.17) is 9.47 Å². The number of carbonyl (C=O) groups excluding carboxylic acids is 1. The average Bonchev–Trinajstić information content (AvgIpc) is 2.77. The Morgan fingerprint density at radius 1 is 1.07 bits per heavy atom. The first-order valence-electron chi connectivity index (χ1n) is 11.1. The molecule has 1 aliphatic rings. The lowest BCUT2D eigenvalue weighted by molar-refractivity contribution is -0.142. The number of rotatable bonds is 6. The highest BCUT2D eigenvalue weighted by Crippen LogP contribution is 2.44. The van der Waals surface area contributed by atoms with Crippen LogP contribution >= 0.6 is 0 Å². The molecule has 0 saturated heterocycles. The number of benzene rings is 2. The highest BCUT2D eigenvalue weighted by molar-refractivity contribution is 5.72. The smallest absolute Gasteiger partial charge is 0.310 e. The van der Waals surface area contributed by atoms with Crippen LogP contribution in [-0.4, -0.2) is 19.2 Å². The van der Waals surface area contributed by atoms with E-state index in [2.05, 4.69) is 44.7 Å². The molecule has 0 amide bonds. The van der Waals surface area contributed by atoms with Gasteiger partial charge in [0.1, 0.15) is 5.75 Å². The molecule has 0 bridgehead atoms. The SMILES string of the molecule is CCOC(=O)Cc1ccc(C#Cc2cc3c(cc2CC)OCCC3(CC)CC)cc1. The van der Waals surface area contributed by atoms with Crippen molar-refractivity contribution in [1.82, 2.24) is 0 Å². The van der Waals surface area contributed by atoms with Crippen molar-refractivity contribution < 1.29 is 14.3 Å². The van der Waals surface area contributed by atoms with Crippen LogP contribution in [0.1, 0.15) is 74.8 Å². The van der Waals surface area contributed by atoms with E-state index in [1.54, 1.807) is 0 Å². The summed E-state index contributed by atoms with van der Waals surface area (Å²) >= 11 is 0. The fourth-order valence-electron chi connectivity index (χ4n) is 4.26. The molecule has 0 aromatic heterocycles. The minimum Gasteiger partial charge on any atom is -0.493 e. The quantitative estimate of drug-likeness (QED) is 0.465. The number of hydrogen-bond acceptors (Lipinski definition) is 3. The van der Waals surface area contributed by atoms with Gasteiger partial charge in [-0.3, -0.25) is 4.79 Å². The van der Waals surface area contributed by atoms with Gasteiger partial charge in [-0.1, -0.05) is 44.7 Å². The van der Waals surface area contributed by atoms with Crippen molar-refractivity contribution in [3.63, 3.8) is 0 Å². The number of hydrogen-bond donors (Lipinski definition) is 0. The zero-order valence-electron chi connectivity index (χ0n) is 18.6. The van der Waals surface area contributed by atoms with E-state index in [0.29, 0.717) is 13.0 Å². The number of aryl methyl sites for hydroxylation is 1. The van der Waals surface area contributed by atoms with E-state index < -0.39 is 0 Å². The molecular weight excluding hydrogens is 372 g/mol. The summed E-state index contributed by atoms with van der Waals surface area (Å²) in [6, 6.07) is 12.3. The van der Waals surface area contributed by atoms with E-state index in [1.807, 2.05) is 31.2 Å². The molecule has 3 nitrogen and oxygen atoms in total. The van der Waals surface area contributed by atoms with Gasteiger partial charge in [-0.25, -0.2) is 0 Å². The molecule has 0 spiro atoms. The van der Waals surface area contributed by atoms with Crippen molar-refractivity contribution in [2.24, 2.45) is 0 Å². The summed E-state index contributed by atoms with van der Waals surface area (Å²) in [5.41, 5.74) is 5.69. The van der Waals surface area contributed by atoms with E-state index in [1.165, 1.54) is 11.1 Å². The summed E-state index contributed by atoms with van der Waals surface area (Å²) in [4.78, 5) is 11.6. The largest absolute Gasteiger partial charge is 0.493 e. The Balaban J connectivity index is 1.89. The molecule has 0 aliphatic carbocycles. The summed E-state index contributed by atoms with van der Waals surface area (Å²) in [5.74, 6) is 7.54. The fourth-order valence-corrected chi connectivity index (χ4v) is 4.26. The van der Waals surface area contributed by atoms with Crippen LogP contribution in [0.15, 0.2) is 36.4 Å². The molecule has 3 rings (SSSR count). The van der Waals surface area contributed by atoms with Crippen LogP contribution in [0.3, 0.4) is 0 Å². The van der Waals surface area contributed by atoms with Crippen LogP contribution < -0.4 is 4.74 Å². The first kappa shape index (κ1) is 22.0. The molecule has 158 valence electrons. The molecule has 1 heterocycles. The Morgan fingerprint density at radius 2 is 1.80 bits per heavy atom. The van der Waals surface area contributed by atoms with Crippen molar-refractivity contribution in [3.05, 3.63) is 64.2 Å². The zero-order chi connectivity index (χ0) is 21.6. The predicted octanol–water partition coefficient (Wildman–Crippen LogP) is 5.59. The standard InChI is InChI=1S/C27H32O3/c1-5-22-19-25-24(27(6-2,7-3)15-16-30-25)18-23(22)14-13-20-9-11-21(12-10-20)17-26(28)29-8-4/h9-12,18-19H,5-8,15-17H2,1-4H3. The predicted molar refractivity (Wildman–Crippen MR) is 121 cm³/mol. The maximum atomic E-state index is 11.6. The average molecular weight is 405 g/mol. The van der Waals surface area contributed by atoms with Crippen LogP contribution in [0.25, 0.3) is 0 Å². The second kappa shape index (κ2) is 9.85. The molecule has 30 heavy (non-hydrogen) atoms. The normalized spacial score (nSPS) is 14.1. The highest BCUT2D eigenvalue weighted by Gasteiger charge is 2.35. The van der Waals surface area contributed by atoms with Gasteiger partial charge in [-0.05, 0) is 68.0 Å². The third-order valence-corrected chi connectivity index (χ3v) is 6.30. The van der Waals surface area contributed by atoms with Gasteiger partial charge in [0, 0.05) is 22.1 Å². The van der Waals surface area contributed by atoms with Gasteiger partial charge >= 0.3 is 5.97 Å². The van der Waals surface area contributed by atoms with Gasteiger partial charge in [0.15, 0.2) is 0 Å². The van der Waals surface area contributed by atoms with Crippen LogP contribution in [0.5, 0.6) is 5.75 Å². The fraction of sp³-hybridized carbons (Fsp3) is 0.444. The highest BCUT2D eigenvalue weighted by atomic mass is 16.5. The lowest BCUT2D eigenvalue weighted by Gasteiger charge is -2.38.